The van der Waals surface area contributed by atoms with Crippen molar-refractivity contribution in [3.05, 3.63) is 41.7 Å². The number of furan rings is 1. The number of benzene rings is 1. The Hall–Kier alpha value is -1.91. The summed E-state index contributed by atoms with van der Waals surface area (Å²) in [4.78, 5) is 0. The van der Waals surface area contributed by atoms with Crippen LogP contribution in [0, 0.1) is 0 Å². The van der Waals surface area contributed by atoms with Crippen molar-refractivity contribution in [1.29, 1.82) is 0 Å². The molecule has 2 aromatic rings. The van der Waals surface area contributed by atoms with Crippen molar-refractivity contribution in [2.45, 2.75) is 19.5 Å². The molecule has 0 aliphatic rings. The van der Waals surface area contributed by atoms with E-state index in [1.807, 2.05) is 6.92 Å². The number of hydrogen-bond acceptors (Lipinski definition) is 2. The SMILES string of the molecule is CCc1ccc(-c2cc(OC)cc(C(F)(F)F)c2)o1. The highest BCUT2D eigenvalue weighted by atomic mass is 19.4. The highest BCUT2D eigenvalue weighted by molar-refractivity contribution is 5.61. The summed E-state index contributed by atoms with van der Waals surface area (Å²) in [6, 6.07) is 6.96. The van der Waals surface area contributed by atoms with Crippen molar-refractivity contribution in [2.24, 2.45) is 0 Å². The van der Waals surface area contributed by atoms with Gasteiger partial charge in [0.25, 0.3) is 0 Å². The second-order valence-corrected chi connectivity index (χ2v) is 4.07. The number of aryl methyl sites for hydroxylation is 1. The molecule has 0 aliphatic carbocycles. The van der Waals surface area contributed by atoms with Crippen molar-refractivity contribution in [2.75, 3.05) is 7.11 Å². The van der Waals surface area contributed by atoms with Crippen LogP contribution >= 0.6 is 0 Å². The lowest BCUT2D eigenvalue weighted by atomic mass is 10.1. The molecule has 0 aliphatic heterocycles. The zero-order valence-corrected chi connectivity index (χ0v) is 10.5. The molecule has 1 aromatic heterocycles. The van der Waals surface area contributed by atoms with Crippen molar-refractivity contribution >= 4 is 0 Å². The molecule has 0 spiro atoms. The third kappa shape index (κ3) is 2.92. The lowest BCUT2D eigenvalue weighted by Crippen LogP contribution is -2.05. The number of alkyl halides is 3. The van der Waals surface area contributed by atoms with E-state index in [-0.39, 0.29) is 5.75 Å². The molecule has 0 unspecified atom stereocenters. The van der Waals surface area contributed by atoms with Gasteiger partial charge in [-0.25, -0.2) is 0 Å². The van der Waals surface area contributed by atoms with E-state index in [0.29, 0.717) is 17.7 Å². The number of ether oxygens (including phenoxy) is 1. The second kappa shape index (κ2) is 4.99. The minimum atomic E-state index is -4.41. The third-order valence-electron chi connectivity index (χ3n) is 2.76. The average Bonchev–Trinajstić information content (AvgIpc) is 2.86. The second-order valence-electron chi connectivity index (χ2n) is 4.07. The summed E-state index contributed by atoms with van der Waals surface area (Å²) in [5.41, 5.74) is -0.400. The van der Waals surface area contributed by atoms with E-state index in [2.05, 4.69) is 0 Å². The van der Waals surface area contributed by atoms with Gasteiger partial charge in [0, 0.05) is 12.0 Å². The quantitative estimate of drug-likeness (QED) is 0.817. The van der Waals surface area contributed by atoms with Crippen LogP contribution < -0.4 is 4.74 Å². The summed E-state index contributed by atoms with van der Waals surface area (Å²) in [6.45, 7) is 1.91. The molecule has 1 aromatic carbocycles. The van der Waals surface area contributed by atoms with E-state index >= 15 is 0 Å². The molecule has 0 bridgehead atoms. The molecule has 0 saturated heterocycles. The van der Waals surface area contributed by atoms with Crippen LogP contribution in [-0.4, -0.2) is 7.11 Å². The van der Waals surface area contributed by atoms with Gasteiger partial charge in [-0.3, -0.25) is 0 Å². The molecule has 2 nitrogen and oxygen atoms in total. The van der Waals surface area contributed by atoms with Gasteiger partial charge in [-0.05, 0) is 30.3 Å². The third-order valence-corrected chi connectivity index (χ3v) is 2.76. The summed E-state index contributed by atoms with van der Waals surface area (Å²) in [6.07, 6.45) is -3.72. The van der Waals surface area contributed by atoms with E-state index in [0.717, 1.165) is 17.9 Å². The zero-order chi connectivity index (χ0) is 14.0. The highest BCUT2D eigenvalue weighted by Crippen LogP contribution is 2.36. The number of methoxy groups -OCH3 is 1. The number of halogens is 3. The maximum atomic E-state index is 12.8. The smallest absolute Gasteiger partial charge is 0.416 e. The largest absolute Gasteiger partial charge is 0.497 e. The molecule has 0 N–H and O–H groups in total. The van der Waals surface area contributed by atoms with Crippen LogP contribution in [0.15, 0.2) is 34.7 Å². The van der Waals surface area contributed by atoms with Gasteiger partial charge < -0.3 is 9.15 Å². The average molecular weight is 270 g/mol. The van der Waals surface area contributed by atoms with E-state index in [1.165, 1.54) is 13.2 Å². The van der Waals surface area contributed by atoms with Gasteiger partial charge >= 0.3 is 6.18 Å². The van der Waals surface area contributed by atoms with Crippen molar-refractivity contribution < 1.29 is 22.3 Å². The number of hydrogen-bond donors (Lipinski definition) is 0. The highest BCUT2D eigenvalue weighted by Gasteiger charge is 2.31. The Morgan fingerprint density at radius 1 is 1.16 bits per heavy atom. The van der Waals surface area contributed by atoms with Gasteiger partial charge in [0.1, 0.15) is 17.3 Å². The first-order valence-corrected chi connectivity index (χ1v) is 5.79. The van der Waals surface area contributed by atoms with Crippen LogP contribution in [0.25, 0.3) is 11.3 Å². The monoisotopic (exact) mass is 270 g/mol. The molecule has 1 heterocycles. The Kier molecular flexibility index (Phi) is 3.55. The first kappa shape index (κ1) is 13.5. The Morgan fingerprint density at radius 3 is 2.42 bits per heavy atom. The van der Waals surface area contributed by atoms with Crippen molar-refractivity contribution in [3.8, 4) is 17.1 Å². The fourth-order valence-corrected chi connectivity index (χ4v) is 1.75. The lowest BCUT2D eigenvalue weighted by molar-refractivity contribution is -0.137. The minimum Gasteiger partial charge on any atom is -0.497 e. The minimum absolute atomic E-state index is 0.152. The van der Waals surface area contributed by atoms with Crippen LogP contribution in [0.3, 0.4) is 0 Å². The predicted octanol–water partition coefficient (Wildman–Crippen LogP) is 4.54. The van der Waals surface area contributed by atoms with E-state index in [1.54, 1.807) is 12.1 Å². The van der Waals surface area contributed by atoms with Crippen LogP contribution in [0.1, 0.15) is 18.2 Å². The van der Waals surface area contributed by atoms with Crippen LogP contribution in [0.4, 0.5) is 13.2 Å². The van der Waals surface area contributed by atoms with Gasteiger partial charge in [0.05, 0.1) is 12.7 Å². The molecular formula is C14H13F3O2. The topological polar surface area (TPSA) is 22.4 Å². The summed E-state index contributed by atoms with van der Waals surface area (Å²) >= 11 is 0. The molecule has 0 saturated carbocycles. The maximum absolute atomic E-state index is 12.8. The Bertz CT molecular complexity index is 570. The van der Waals surface area contributed by atoms with Crippen LogP contribution in [-0.2, 0) is 12.6 Å². The molecule has 0 radical (unpaired) electrons. The lowest BCUT2D eigenvalue weighted by Gasteiger charge is -2.10. The molecule has 2 rings (SSSR count). The maximum Gasteiger partial charge on any atom is 0.416 e. The summed E-state index contributed by atoms with van der Waals surface area (Å²) in [5, 5.41) is 0. The molecule has 19 heavy (non-hydrogen) atoms. The summed E-state index contributed by atoms with van der Waals surface area (Å²) < 4.78 is 48.7. The summed E-state index contributed by atoms with van der Waals surface area (Å²) in [5.74, 6) is 1.28. The molecule has 0 amide bonds. The van der Waals surface area contributed by atoms with Gasteiger partial charge in [0.15, 0.2) is 0 Å². The molecule has 5 heteroatoms. The van der Waals surface area contributed by atoms with E-state index in [9.17, 15) is 13.2 Å². The van der Waals surface area contributed by atoms with E-state index in [4.69, 9.17) is 9.15 Å². The Balaban J connectivity index is 2.50. The Labute approximate surface area is 108 Å². The van der Waals surface area contributed by atoms with Crippen molar-refractivity contribution in [3.63, 3.8) is 0 Å². The van der Waals surface area contributed by atoms with E-state index < -0.39 is 11.7 Å². The molecule has 102 valence electrons. The fraction of sp³-hybridized carbons (Fsp3) is 0.286. The van der Waals surface area contributed by atoms with Crippen LogP contribution in [0.2, 0.25) is 0 Å². The van der Waals surface area contributed by atoms with Crippen LogP contribution in [0.5, 0.6) is 5.75 Å². The van der Waals surface area contributed by atoms with Gasteiger partial charge in [-0.1, -0.05) is 6.92 Å². The Morgan fingerprint density at radius 2 is 1.89 bits per heavy atom. The van der Waals surface area contributed by atoms with Gasteiger partial charge in [0.2, 0.25) is 0 Å². The molecule has 0 atom stereocenters. The normalized spacial score (nSPS) is 11.6. The first-order valence-electron chi connectivity index (χ1n) is 5.79. The number of rotatable bonds is 3. The van der Waals surface area contributed by atoms with Gasteiger partial charge in [-0.2, -0.15) is 13.2 Å². The predicted molar refractivity (Wildman–Crippen MR) is 65.1 cm³/mol. The first-order chi connectivity index (χ1) is 8.94. The molecule has 0 fully saturated rings. The van der Waals surface area contributed by atoms with Crippen molar-refractivity contribution in [1.82, 2.24) is 0 Å². The molecular weight excluding hydrogens is 257 g/mol. The fourth-order valence-electron chi connectivity index (χ4n) is 1.75. The zero-order valence-electron chi connectivity index (χ0n) is 10.5. The summed E-state index contributed by atoms with van der Waals surface area (Å²) in [7, 11) is 1.33. The standard InChI is InChI=1S/C14H13F3O2/c1-3-11-4-5-13(19-11)9-6-10(14(15,16)17)8-12(7-9)18-2/h4-8H,3H2,1-2H3. The van der Waals surface area contributed by atoms with Gasteiger partial charge in [-0.15, -0.1) is 0 Å².